The fraction of sp³-hybridized carbons (Fsp3) is 0.833. The van der Waals surface area contributed by atoms with Crippen LogP contribution in [0.2, 0.25) is 0 Å². The van der Waals surface area contributed by atoms with E-state index in [-0.39, 0.29) is 12.6 Å². The summed E-state index contributed by atoms with van der Waals surface area (Å²) in [5.41, 5.74) is -0.792. The molecule has 110 valence electrons. The maximum absolute atomic E-state index is 11.9. The van der Waals surface area contributed by atoms with Crippen molar-refractivity contribution in [1.29, 1.82) is 0 Å². The Hall–Kier alpha value is -1.11. The average molecular weight is 290 g/mol. The summed E-state index contributed by atoms with van der Waals surface area (Å²) >= 11 is 0. The molecule has 1 heterocycles. The lowest BCUT2D eigenvalue weighted by molar-refractivity contribution is -0.148. The molecule has 19 heavy (non-hydrogen) atoms. The van der Waals surface area contributed by atoms with E-state index >= 15 is 0 Å². The molecule has 7 heteroatoms. The quantitative estimate of drug-likeness (QED) is 0.752. The first kappa shape index (κ1) is 15.9. The van der Waals surface area contributed by atoms with Gasteiger partial charge in [-0.2, -0.15) is 0 Å². The van der Waals surface area contributed by atoms with Crippen LogP contribution in [0.15, 0.2) is 0 Å². The first-order chi connectivity index (χ1) is 8.91. The number of aliphatic carboxylic acids is 1. The highest BCUT2D eigenvalue weighted by molar-refractivity contribution is 7.84. The molecule has 0 saturated carbocycles. The zero-order valence-electron chi connectivity index (χ0n) is 11.5. The van der Waals surface area contributed by atoms with E-state index in [1.165, 1.54) is 0 Å². The third-order valence-corrected chi connectivity index (χ3v) is 4.27. The van der Waals surface area contributed by atoms with Crippen molar-refractivity contribution in [2.24, 2.45) is 5.41 Å². The van der Waals surface area contributed by atoms with E-state index in [2.05, 4.69) is 5.32 Å². The molecule has 2 N–H and O–H groups in total. The van der Waals surface area contributed by atoms with Crippen molar-refractivity contribution in [3.05, 3.63) is 0 Å². The van der Waals surface area contributed by atoms with Crippen LogP contribution in [0.1, 0.15) is 26.2 Å². The molecule has 0 spiro atoms. The predicted octanol–water partition coefficient (Wildman–Crippen LogP) is 0.651. The molecule has 0 aromatic carbocycles. The summed E-state index contributed by atoms with van der Waals surface area (Å²) in [6.45, 7) is 3.03. The van der Waals surface area contributed by atoms with E-state index < -0.39 is 22.2 Å². The lowest BCUT2D eigenvalue weighted by Crippen LogP contribution is -2.42. The summed E-state index contributed by atoms with van der Waals surface area (Å²) < 4.78 is 10.9. The number of carbonyl (C=O) groups excluding carboxylic acids is 1. The van der Waals surface area contributed by atoms with Gasteiger partial charge in [0.1, 0.15) is 0 Å². The zero-order chi connectivity index (χ0) is 14.5. The van der Waals surface area contributed by atoms with E-state index in [9.17, 15) is 18.9 Å². The number of nitrogens with zero attached hydrogens (tertiary/aromatic N) is 1. The first-order valence-electron chi connectivity index (χ1n) is 6.47. The number of hydrogen-bond acceptors (Lipinski definition) is 3. The Morgan fingerprint density at radius 1 is 1.47 bits per heavy atom. The number of likely N-dealkylation sites (tertiary alicyclic amines) is 1. The van der Waals surface area contributed by atoms with E-state index in [0.29, 0.717) is 31.7 Å². The Morgan fingerprint density at radius 3 is 2.68 bits per heavy atom. The van der Waals surface area contributed by atoms with Gasteiger partial charge >= 0.3 is 12.0 Å². The first-order valence-corrected chi connectivity index (χ1v) is 8.20. The van der Waals surface area contributed by atoms with Gasteiger partial charge in [-0.1, -0.05) is 13.3 Å². The molecule has 0 aromatic heterocycles. The van der Waals surface area contributed by atoms with Crippen LogP contribution in [0.25, 0.3) is 0 Å². The maximum atomic E-state index is 11.9. The lowest BCUT2D eigenvalue weighted by Gasteiger charge is -2.24. The van der Waals surface area contributed by atoms with Crippen molar-refractivity contribution in [2.75, 3.05) is 31.6 Å². The van der Waals surface area contributed by atoms with Gasteiger partial charge in [0.05, 0.1) is 5.41 Å². The van der Waals surface area contributed by atoms with Crippen LogP contribution in [0.3, 0.4) is 0 Å². The monoisotopic (exact) mass is 290 g/mol. The van der Waals surface area contributed by atoms with Crippen molar-refractivity contribution < 1.29 is 18.9 Å². The van der Waals surface area contributed by atoms with Crippen LogP contribution >= 0.6 is 0 Å². The van der Waals surface area contributed by atoms with Gasteiger partial charge in [-0.05, 0) is 12.8 Å². The minimum Gasteiger partial charge on any atom is -0.481 e. The predicted molar refractivity (Wildman–Crippen MR) is 73.5 cm³/mol. The van der Waals surface area contributed by atoms with Crippen LogP contribution in [-0.4, -0.2) is 57.9 Å². The summed E-state index contributed by atoms with van der Waals surface area (Å²) in [4.78, 5) is 24.8. The number of rotatable bonds is 6. The van der Waals surface area contributed by atoms with Crippen molar-refractivity contribution in [3.8, 4) is 0 Å². The van der Waals surface area contributed by atoms with Crippen LogP contribution in [0.5, 0.6) is 0 Å². The molecule has 1 saturated heterocycles. The second kappa shape index (κ2) is 6.88. The van der Waals surface area contributed by atoms with Crippen molar-refractivity contribution >= 4 is 22.8 Å². The molecule has 0 aliphatic carbocycles. The van der Waals surface area contributed by atoms with Gasteiger partial charge < -0.3 is 15.3 Å². The Bertz CT molecular complexity index is 375. The third kappa shape index (κ3) is 4.19. The van der Waals surface area contributed by atoms with Crippen molar-refractivity contribution in [1.82, 2.24) is 10.2 Å². The normalized spacial score (nSPS) is 24.2. The topological polar surface area (TPSA) is 86.7 Å². The number of nitrogens with one attached hydrogen (secondary N) is 1. The molecule has 1 aliphatic rings. The van der Waals surface area contributed by atoms with Crippen LogP contribution < -0.4 is 5.32 Å². The SMILES string of the molecule is CCCC1(C(=O)O)CCN(C(=O)NCCS(C)=O)C1. The molecule has 6 nitrogen and oxygen atoms in total. The van der Waals surface area contributed by atoms with Gasteiger partial charge in [0.2, 0.25) is 0 Å². The Kier molecular flexibility index (Phi) is 5.78. The van der Waals surface area contributed by atoms with Gasteiger partial charge in [0, 0.05) is 42.4 Å². The fourth-order valence-corrected chi connectivity index (χ4v) is 2.81. The maximum Gasteiger partial charge on any atom is 0.317 e. The zero-order valence-corrected chi connectivity index (χ0v) is 12.3. The minimum absolute atomic E-state index is 0.260. The Labute approximate surface area is 116 Å². The second-order valence-electron chi connectivity index (χ2n) is 5.02. The summed E-state index contributed by atoms with van der Waals surface area (Å²) in [6.07, 6.45) is 3.46. The van der Waals surface area contributed by atoms with Crippen LogP contribution in [-0.2, 0) is 15.6 Å². The highest BCUT2D eigenvalue weighted by Crippen LogP contribution is 2.35. The number of carboxylic acid groups (broad SMARTS) is 1. The number of carboxylic acids is 1. The molecular formula is C12H22N2O4S. The van der Waals surface area contributed by atoms with E-state index in [1.807, 2.05) is 6.92 Å². The van der Waals surface area contributed by atoms with Gasteiger partial charge in [-0.3, -0.25) is 9.00 Å². The lowest BCUT2D eigenvalue weighted by atomic mass is 9.83. The Balaban J connectivity index is 2.52. The average Bonchev–Trinajstić information content (AvgIpc) is 2.74. The molecule has 2 atom stereocenters. The highest BCUT2D eigenvalue weighted by atomic mass is 32.2. The standard InChI is InChI=1S/C12H22N2O4S/c1-3-4-12(10(15)16)5-7-14(9-12)11(17)13-6-8-19(2)18/h3-9H2,1-2H3,(H,13,17)(H,15,16). The van der Waals surface area contributed by atoms with E-state index in [1.54, 1.807) is 11.2 Å². The highest BCUT2D eigenvalue weighted by Gasteiger charge is 2.45. The van der Waals surface area contributed by atoms with Gasteiger partial charge in [0.15, 0.2) is 0 Å². The molecular weight excluding hydrogens is 268 g/mol. The van der Waals surface area contributed by atoms with Crippen molar-refractivity contribution in [3.63, 3.8) is 0 Å². The van der Waals surface area contributed by atoms with Gasteiger partial charge in [0.25, 0.3) is 0 Å². The summed E-state index contributed by atoms with van der Waals surface area (Å²) in [6, 6.07) is -0.260. The van der Waals surface area contributed by atoms with Crippen LogP contribution in [0.4, 0.5) is 4.79 Å². The fourth-order valence-electron chi connectivity index (χ4n) is 2.42. The summed E-state index contributed by atoms with van der Waals surface area (Å²) in [7, 11) is -0.937. The number of urea groups is 1. The molecule has 0 aromatic rings. The molecule has 1 aliphatic heterocycles. The molecule has 2 unspecified atom stereocenters. The Morgan fingerprint density at radius 2 is 2.16 bits per heavy atom. The van der Waals surface area contributed by atoms with E-state index in [0.717, 1.165) is 6.42 Å². The second-order valence-corrected chi connectivity index (χ2v) is 6.57. The largest absolute Gasteiger partial charge is 0.481 e. The number of hydrogen-bond donors (Lipinski definition) is 2. The molecule has 1 fully saturated rings. The van der Waals surface area contributed by atoms with E-state index in [4.69, 9.17) is 0 Å². The number of amides is 2. The van der Waals surface area contributed by atoms with Crippen molar-refractivity contribution in [2.45, 2.75) is 26.2 Å². The summed E-state index contributed by atoms with van der Waals surface area (Å²) in [5.74, 6) is -0.405. The van der Waals surface area contributed by atoms with Crippen LogP contribution in [0, 0.1) is 5.41 Å². The molecule has 1 rings (SSSR count). The minimum atomic E-state index is -0.937. The smallest absolute Gasteiger partial charge is 0.317 e. The molecule has 2 amide bonds. The number of carbonyl (C=O) groups is 2. The van der Waals surface area contributed by atoms with Gasteiger partial charge in [-0.15, -0.1) is 0 Å². The molecule has 0 bridgehead atoms. The third-order valence-electron chi connectivity index (χ3n) is 3.49. The van der Waals surface area contributed by atoms with Gasteiger partial charge in [-0.25, -0.2) is 4.79 Å². The summed E-state index contributed by atoms with van der Waals surface area (Å²) in [5, 5.41) is 12.0. The molecule has 0 radical (unpaired) electrons.